The summed E-state index contributed by atoms with van der Waals surface area (Å²) in [5.41, 5.74) is 2.19. The third-order valence-electron chi connectivity index (χ3n) is 5.55. The van der Waals surface area contributed by atoms with Crippen LogP contribution in [0.2, 0.25) is 0 Å². The maximum Gasteiger partial charge on any atom is 0.237 e. The molecular weight excluding hydrogens is 314 g/mol. The topological polar surface area (TPSA) is 68.4 Å². The zero-order chi connectivity index (χ0) is 18.0. The summed E-state index contributed by atoms with van der Waals surface area (Å²) in [7, 11) is 0. The minimum Gasteiger partial charge on any atom is -0.394 e. The number of aliphatic hydroxyl groups excluding tert-OH is 1. The van der Waals surface area contributed by atoms with Gasteiger partial charge in [-0.25, -0.2) is 0 Å². The summed E-state index contributed by atoms with van der Waals surface area (Å²) in [5.74, 6) is -0.000471. The Morgan fingerprint density at radius 1 is 1.32 bits per heavy atom. The summed E-state index contributed by atoms with van der Waals surface area (Å²) in [4.78, 5) is 18.2. The van der Waals surface area contributed by atoms with Crippen LogP contribution in [-0.2, 0) is 11.2 Å². The molecule has 1 amide bonds. The number of likely N-dealkylation sites (tertiary alicyclic amines) is 1. The van der Waals surface area contributed by atoms with Gasteiger partial charge in [0.2, 0.25) is 5.91 Å². The summed E-state index contributed by atoms with van der Waals surface area (Å²) < 4.78 is 0. The summed E-state index contributed by atoms with van der Waals surface area (Å²) >= 11 is 0. The molecule has 1 fully saturated rings. The highest BCUT2D eigenvalue weighted by atomic mass is 16.3. The third-order valence-corrected chi connectivity index (χ3v) is 5.55. The Hall–Kier alpha value is -1.85. The standard InChI is InChI=1S/C20H29N3O2/c1-13-8-9-14(2)23(13)15(3)20(25)22-17(12-24)10-16-11-21-19-7-5-4-6-18(16)19/h4-7,11,13-15,17,21,24H,8-10,12H2,1-3H3,(H,22,25)/t13-,14+,15-,17-/m1/s1. The monoisotopic (exact) mass is 343 g/mol. The summed E-state index contributed by atoms with van der Waals surface area (Å²) in [6.07, 6.45) is 4.85. The maximum atomic E-state index is 12.7. The van der Waals surface area contributed by atoms with Crippen LogP contribution >= 0.6 is 0 Å². The van der Waals surface area contributed by atoms with E-state index in [1.807, 2.05) is 31.3 Å². The molecule has 0 saturated carbocycles. The molecule has 5 nitrogen and oxygen atoms in total. The van der Waals surface area contributed by atoms with Gasteiger partial charge in [-0.05, 0) is 51.7 Å². The van der Waals surface area contributed by atoms with E-state index in [-0.39, 0.29) is 24.6 Å². The van der Waals surface area contributed by atoms with Crippen LogP contribution in [0, 0.1) is 0 Å². The van der Waals surface area contributed by atoms with Crippen LogP contribution < -0.4 is 5.32 Å². The number of aromatic amines is 1. The molecular formula is C20H29N3O2. The lowest BCUT2D eigenvalue weighted by Crippen LogP contribution is -2.52. The van der Waals surface area contributed by atoms with Crippen molar-refractivity contribution in [3.63, 3.8) is 0 Å². The maximum absolute atomic E-state index is 12.7. The number of hydrogen-bond donors (Lipinski definition) is 3. The Morgan fingerprint density at radius 2 is 2.00 bits per heavy atom. The highest BCUT2D eigenvalue weighted by Gasteiger charge is 2.34. The van der Waals surface area contributed by atoms with Crippen molar-refractivity contribution < 1.29 is 9.90 Å². The molecule has 25 heavy (non-hydrogen) atoms. The highest BCUT2D eigenvalue weighted by Crippen LogP contribution is 2.26. The van der Waals surface area contributed by atoms with Crippen LogP contribution in [0.15, 0.2) is 30.5 Å². The molecule has 5 heteroatoms. The van der Waals surface area contributed by atoms with Crippen molar-refractivity contribution in [2.45, 2.75) is 64.2 Å². The summed E-state index contributed by atoms with van der Waals surface area (Å²) in [6.45, 7) is 6.27. The molecule has 1 aliphatic rings. The van der Waals surface area contributed by atoms with E-state index in [2.05, 4.69) is 35.1 Å². The normalized spacial score (nSPS) is 23.7. The quantitative estimate of drug-likeness (QED) is 0.755. The van der Waals surface area contributed by atoms with Crippen LogP contribution in [-0.4, -0.2) is 51.7 Å². The molecule has 3 N–H and O–H groups in total. The van der Waals surface area contributed by atoms with Gasteiger partial charge >= 0.3 is 0 Å². The van der Waals surface area contributed by atoms with Crippen LogP contribution in [0.3, 0.4) is 0 Å². The molecule has 0 unspecified atom stereocenters. The molecule has 4 atom stereocenters. The van der Waals surface area contributed by atoms with Crippen LogP contribution in [0.5, 0.6) is 0 Å². The molecule has 0 bridgehead atoms. The zero-order valence-corrected chi connectivity index (χ0v) is 15.3. The third kappa shape index (κ3) is 3.72. The fourth-order valence-electron chi connectivity index (χ4n) is 4.16. The second kappa shape index (κ2) is 7.58. The lowest BCUT2D eigenvalue weighted by molar-refractivity contribution is -0.127. The minimum absolute atomic E-state index is 0.000471. The molecule has 2 heterocycles. The van der Waals surface area contributed by atoms with Gasteiger partial charge in [-0.3, -0.25) is 9.69 Å². The Balaban J connectivity index is 1.66. The first-order chi connectivity index (χ1) is 12.0. The Kier molecular flexibility index (Phi) is 5.45. The average Bonchev–Trinajstić information content (AvgIpc) is 3.17. The van der Waals surface area contributed by atoms with Crippen LogP contribution in [0.4, 0.5) is 0 Å². The molecule has 1 aromatic carbocycles. The molecule has 1 aliphatic heterocycles. The Morgan fingerprint density at radius 3 is 2.68 bits per heavy atom. The first kappa shape index (κ1) is 18.0. The Labute approximate surface area is 149 Å². The van der Waals surface area contributed by atoms with Crippen LogP contribution in [0.1, 0.15) is 39.2 Å². The number of rotatable bonds is 6. The van der Waals surface area contributed by atoms with E-state index in [4.69, 9.17) is 0 Å². The van der Waals surface area contributed by atoms with Crippen molar-refractivity contribution in [3.05, 3.63) is 36.0 Å². The first-order valence-electron chi connectivity index (χ1n) is 9.25. The van der Waals surface area contributed by atoms with Gasteiger partial charge in [0.15, 0.2) is 0 Å². The fourth-order valence-corrected chi connectivity index (χ4v) is 4.16. The average molecular weight is 343 g/mol. The molecule has 2 aromatic rings. The van der Waals surface area contributed by atoms with Gasteiger partial charge in [0.1, 0.15) is 0 Å². The number of fused-ring (bicyclic) bond motifs is 1. The van der Waals surface area contributed by atoms with E-state index in [0.717, 1.165) is 29.3 Å². The second-order valence-electron chi connectivity index (χ2n) is 7.35. The number of nitrogens with one attached hydrogen (secondary N) is 2. The van der Waals surface area contributed by atoms with Gasteiger partial charge in [0, 0.05) is 29.2 Å². The van der Waals surface area contributed by atoms with E-state index in [1.165, 1.54) is 0 Å². The number of H-pyrrole nitrogens is 1. The van der Waals surface area contributed by atoms with Gasteiger partial charge in [-0.1, -0.05) is 18.2 Å². The summed E-state index contributed by atoms with van der Waals surface area (Å²) in [5, 5.41) is 13.9. The van der Waals surface area contributed by atoms with Gasteiger partial charge in [-0.2, -0.15) is 0 Å². The van der Waals surface area contributed by atoms with Crippen molar-refractivity contribution in [3.8, 4) is 0 Å². The highest BCUT2D eigenvalue weighted by molar-refractivity contribution is 5.84. The lowest BCUT2D eigenvalue weighted by atomic mass is 10.0. The fraction of sp³-hybridized carbons (Fsp3) is 0.550. The molecule has 1 aromatic heterocycles. The van der Waals surface area contributed by atoms with Crippen molar-refractivity contribution in [2.75, 3.05) is 6.61 Å². The van der Waals surface area contributed by atoms with Gasteiger partial charge in [0.05, 0.1) is 18.7 Å². The van der Waals surface area contributed by atoms with E-state index >= 15 is 0 Å². The van der Waals surface area contributed by atoms with Gasteiger partial charge < -0.3 is 15.4 Å². The summed E-state index contributed by atoms with van der Waals surface area (Å²) in [6, 6.07) is 8.50. The molecule has 136 valence electrons. The number of para-hydroxylation sites is 1. The predicted molar refractivity (Wildman–Crippen MR) is 100 cm³/mol. The van der Waals surface area contributed by atoms with E-state index in [9.17, 15) is 9.90 Å². The van der Waals surface area contributed by atoms with Crippen LogP contribution in [0.25, 0.3) is 10.9 Å². The van der Waals surface area contributed by atoms with Crippen molar-refractivity contribution in [2.24, 2.45) is 0 Å². The zero-order valence-electron chi connectivity index (χ0n) is 15.3. The number of benzene rings is 1. The number of carbonyl (C=O) groups is 1. The molecule has 1 saturated heterocycles. The molecule has 3 rings (SSSR count). The minimum atomic E-state index is -0.276. The number of amides is 1. The number of aliphatic hydroxyl groups is 1. The number of hydrogen-bond acceptors (Lipinski definition) is 3. The van der Waals surface area contributed by atoms with Gasteiger partial charge in [0.25, 0.3) is 0 Å². The smallest absolute Gasteiger partial charge is 0.237 e. The van der Waals surface area contributed by atoms with E-state index in [1.54, 1.807) is 0 Å². The van der Waals surface area contributed by atoms with Crippen molar-refractivity contribution in [1.29, 1.82) is 0 Å². The predicted octanol–water partition coefficient (Wildman–Crippen LogP) is 2.45. The van der Waals surface area contributed by atoms with Crippen molar-refractivity contribution in [1.82, 2.24) is 15.2 Å². The molecule has 0 aliphatic carbocycles. The number of aromatic nitrogens is 1. The lowest BCUT2D eigenvalue weighted by Gasteiger charge is -2.32. The Bertz CT molecular complexity index is 717. The van der Waals surface area contributed by atoms with Gasteiger partial charge in [-0.15, -0.1) is 0 Å². The number of nitrogens with zero attached hydrogens (tertiary/aromatic N) is 1. The SMILES string of the molecule is C[C@@H]1CC[C@H](C)N1[C@H](C)C(=O)N[C@@H](CO)Cc1c[nH]c2ccccc12. The van der Waals surface area contributed by atoms with Crippen molar-refractivity contribution >= 4 is 16.8 Å². The largest absolute Gasteiger partial charge is 0.394 e. The molecule has 0 spiro atoms. The molecule has 0 radical (unpaired) electrons. The van der Waals surface area contributed by atoms with E-state index < -0.39 is 0 Å². The second-order valence-corrected chi connectivity index (χ2v) is 7.35. The number of carbonyl (C=O) groups excluding carboxylic acids is 1. The van der Waals surface area contributed by atoms with E-state index in [0.29, 0.717) is 18.5 Å². The first-order valence-corrected chi connectivity index (χ1v) is 9.25.